The summed E-state index contributed by atoms with van der Waals surface area (Å²) < 4.78 is 18.7. The third-order valence-electron chi connectivity index (χ3n) is 3.51. The number of amides is 3. The second-order valence-electron chi connectivity index (χ2n) is 5.74. The SMILES string of the molecule is C[C@@H](OC(=O)CCNC(=O)Nc1ccccc1)C(=O)Nc1ccc(Cl)cc1F. The van der Waals surface area contributed by atoms with E-state index in [2.05, 4.69) is 16.0 Å². The Kier molecular flexibility index (Phi) is 7.76. The van der Waals surface area contributed by atoms with Gasteiger partial charge in [-0.1, -0.05) is 29.8 Å². The quantitative estimate of drug-likeness (QED) is 0.611. The van der Waals surface area contributed by atoms with E-state index < -0.39 is 29.8 Å². The zero-order valence-electron chi connectivity index (χ0n) is 15.0. The number of anilines is 2. The summed E-state index contributed by atoms with van der Waals surface area (Å²) in [6.07, 6.45) is -1.27. The van der Waals surface area contributed by atoms with Crippen molar-refractivity contribution in [3.8, 4) is 0 Å². The number of hydrogen-bond donors (Lipinski definition) is 3. The van der Waals surface area contributed by atoms with Crippen molar-refractivity contribution in [2.45, 2.75) is 19.4 Å². The van der Waals surface area contributed by atoms with Gasteiger partial charge < -0.3 is 20.7 Å². The van der Waals surface area contributed by atoms with Gasteiger partial charge in [-0.05, 0) is 37.3 Å². The number of urea groups is 1. The van der Waals surface area contributed by atoms with Gasteiger partial charge in [0.1, 0.15) is 5.82 Å². The molecule has 0 aliphatic heterocycles. The topological polar surface area (TPSA) is 96.5 Å². The van der Waals surface area contributed by atoms with Crippen LogP contribution in [-0.4, -0.2) is 30.6 Å². The van der Waals surface area contributed by atoms with E-state index in [1.807, 2.05) is 6.07 Å². The summed E-state index contributed by atoms with van der Waals surface area (Å²) >= 11 is 5.64. The van der Waals surface area contributed by atoms with Crippen molar-refractivity contribution in [3.63, 3.8) is 0 Å². The van der Waals surface area contributed by atoms with E-state index in [9.17, 15) is 18.8 Å². The first-order chi connectivity index (χ1) is 13.3. The van der Waals surface area contributed by atoms with E-state index in [1.54, 1.807) is 24.3 Å². The van der Waals surface area contributed by atoms with Crippen molar-refractivity contribution < 1.29 is 23.5 Å². The molecule has 0 fully saturated rings. The van der Waals surface area contributed by atoms with Crippen molar-refractivity contribution in [1.82, 2.24) is 5.32 Å². The Balaban J connectivity index is 1.71. The van der Waals surface area contributed by atoms with Crippen molar-refractivity contribution >= 4 is 40.9 Å². The van der Waals surface area contributed by atoms with Gasteiger partial charge in [-0.2, -0.15) is 0 Å². The molecule has 0 radical (unpaired) electrons. The van der Waals surface area contributed by atoms with Crippen LogP contribution in [0.2, 0.25) is 5.02 Å². The van der Waals surface area contributed by atoms with E-state index in [1.165, 1.54) is 19.1 Å². The minimum absolute atomic E-state index is 0.0254. The van der Waals surface area contributed by atoms with Crippen LogP contribution in [-0.2, 0) is 14.3 Å². The molecule has 0 saturated carbocycles. The van der Waals surface area contributed by atoms with Gasteiger partial charge >= 0.3 is 12.0 Å². The van der Waals surface area contributed by atoms with Crippen molar-refractivity contribution in [1.29, 1.82) is 0 Å². The second-order valence-corrected chi connectivity index (χ2v) is 6.18. The number of halogens is 2. The maximum absolute atomic E-state index is 13.7. The Hall–Kier alpha value is -3.13. The molecular weight excluding hydrogens is 389 g/mol. The first kappa shape index (κ1) is 21.2. The average molecular weight is 408 g/mol. The van der Waals surface area contributed by atoms with Crippen molar-refractivity contribution in [3.05, 3.63) is 59.4 Å². The third kappa shape index (κ3) is 6.88. The standard InChI is InChI=1S/C19H19ClFN3O4/c1-12(18(26)24-16-8-7-13(20)11-15(16)21)28-17(25)9-10-22-19(27)23-14-5-3-2-4-6-14/h2-8,11-12H,9-10H2,1H3,(H,24,26)(H2,22,23,27)/t12-/m1/s1. The number of benzene rings is 2. The molecule has 2 rings (SSSR count). The summed E-state index contributed by atoms with van der Waals surface area (Å²) in [5.74, 6) is -2.07. The number of para-hydroxylation sites is 1. The predicted molar refractivity (Wildman–Crippen MR) is 104 cm³/mol. The molecule has 3 N–H and O–H groups in total. The summed E-state index contributed by atoms with van der Waals surface area (Å²) in [7, 11) is 0. The molecule has 9 heteroatoms. The van der Waals surface area contributed by atoms with Gasteiger partial charge in [-0.3, -0.25) is 9.59 Å². The van der Waals surface area contributed by atoms with Crippen LogP contribution in [0.15, 0.2) is 48.5 Å². The molecule has 148 valence electrons. The highest BCUT2D eigenvalue weighted by Crippen LogP contribution is 2.19. The van der Waals surface area contributed by atoms with Gasteiger partial charge in [0.15, 0.2) is 6.10 Å². The molecule has 0 aliphatic rings. The van der Waals surface area contributed by atoms with Crippen molar-refractivity contribution in [2.75, 3.05) is 17.2 Å². The average Bonchev–Trinajstić information content (AvgIpc) is 2.64. The normalized spacial score (nSPS) is 11.2. The Morgan fingerprint density at radius 3 is 2.50 bits per heavy atom. The number of rotatable bonds is 7. The highest BCUT2D eigenvalue weighted by molar-refractivity contribution is 6.30. The third-order valence-corrected chi connectivity index (χ3v) is 3.75. The molecule has 0 heterocycles. The van der Waals surface area contributed by atoms with Crippen LogP contribution in [0.3, 0.4) is 0 Å². The maximum atomic E-state index is 13.7. The minimum Gasteiger partial charge on any atom is -0.452 e. The van der Waals surface area contributed by atoms with Crippen molar-refractivity contribution in [2.24, 2.45) is 0 Å². The lowest BCUT2D eigenvalue weighted by Gasteiger charge is -2.14. The van der Waals surface area contributed by atoms with Crippen LogP contribution in [0.25, 0.3) is 0 Å². The van der Waals surface area contributed by atoms with Gasteiger partial charge in [0.05, 0.1) is 12.1 Å². The molecule has 3 amide bonds. The molecule has 0 spiro atoms. The lowest BCUT2D eigenvalue weighted by molar-refractivity contribution is -0.153. The zero-order valence-corrected chi connectivity index (χ0v) is 15.8. The van der Waals surface area contributed by atoms with Crippen LogP contribution in [0.5, 0.6) is 0 Å². The lowest BCUT2D eigenvalue weighted by Crippen LogP contribution is -2.33. The van der Waals surface area contributed by atoms with Gasteiger partial charge in [0.25, 0.3) is 5.91 Å². The van der Waals surface area contributed by atoms with Gasteiger partial charge in [0, 0.05) is 17.3 Å². The molecule has 2 aromatic carbocycles. The number of carbonyl (C=O) groups excluding carboxylic acids is 3. The second kappa shape index (κ2) is 10.3. The number of ether oxygens (including phenoxy) is 1. The van der Waals surface area contributed by atoms with E-state index >= 15 is 0 Å². The number of esters is 1. The molecule has 7 nitrogen and oxygen atoms in total. The molecule has 0 unspecified atom stereocenters. The number of carbonyl (C=O) groups is 3. The molecular formula is C19H19ClFN3O4. The predicted octanol–water partition coefficient (Wildman–Crippen LogP) is 3.56. The fraction of sp³-hybridized carbons (Fsp3) is 0.211. The number of nitrogens with one attached hydrogen (secondary N) is 3. The van der Waals surface area contributed by atoms with Crippen LogP contribution in [0.1, 0.15) is 13.3 Å². The Morgan fingerprint density at radius 1 is 1.11 bits per heavy atom. The summed E-state index contributed by atoms with van der Waals surface area (Å²) in [5.41, 5.74) is 0.541. The van der Waals surface area contributed by atoms with E-state index in [0.29, 0.717) is 5.69 Å². The van der Waals surface area contributed by atoms with E-state index in [0.717, 1.165) is 6.07 Å². The largest absolute Gasteiger partial charge is 0.452 e. The fourth-order valence-corrected chi connectivity index (χ4v) is 2.27. The fourth-order valence-electron chi connectivity index (χ4n) is 2.11. The smallest absolute Gasteiger partial charge is 0.319 e. The van der Waals surface area contributed by atoms with Crippen LogP contribution < -0.4 is 16.0 Å². The maximum Gasteiger partial charge on any atom is 0.319 e. The van der Waals surface area contributed by atoms with Gasteiger partial charge in [0.2, 0.25) is 0 Å². The minimum atomic E-state index is -1.14. The highest BCUT2D eigenvalue weighted by atomic mass is 35.5. The van der Waals surface area contributed by atoms with Gasteiger partial charge in [-0.15, -0.1) is 0 Å². The summed E-state index contributed by atoms with van der Waals surface area (Å²) in [5, 5.41) is 7.61. The molecule has 2 aromatic rings. The molecule has 0 aromatic heterocycles. The molecule has 1 atom stereocenters. The molecule has 0 bridgehead atoms. The Bertz CT molecular complexity index is 848. The summed E-state index contributed by atoms with van der Waals surface area (Å²) in [6.45, 7) is 1.38. The van der Waals surface area contributed by atoms with E-state index in [4.69, 9.17) is 16.3 Å². The first-order valence-electron chi connectivity index (χ1n) is 8.40. The highest BCUT2D eigenvalue weighted by Gasteiger charge is 2.19. The van der Waals surface area contributed by atoms with E-state index in [-0.39, 0.29) is 23.7 Å². The zero-order chi connectivity index (χ0) is 20.5. The Morgan fingerprint density at radius 2 is 1.82 bits per heavy atom. The van der Waals surface area contributed by atoms with Crippen LogP contribution >= 0.6 is 11.6 Å². The monoisotopic (exact) mass is 407 g/mol. The van der Waals surface area contributed by atoms with Gasteiger partial charge in [-0.25, -0.2) is 9.18 Å². The summed E-state index contributed by atoms with van der Waals surface area (Å²) in [6, 6.07) is 12.1. The summed E-state index contributed by atoms with van der Waals surface area (Å²) in [4.78, 5) is 35.5. The molecule has 0 saturated heterocycles. The molecule has 28 heavy (non-hydrogen) atoms. The first-order valence-corrected chi connectivity index (χ1v) is 8.78. The molecule has 0 aliphatic carbocycles. The number of hydrogen-bond acceptors (Lipinski definition) is 4. The van der Waals surface area contributed by atoms with Crippen LogP contribution in [0, 0.1) is 5.82 Å². The Labute approximate surface area is 166 Å². The van der Waals surface area contributed by atoms with Crippen LogP contribution in [0.4, 0.5) is 20.6 Å². The lowest BCUT2D eigenvalue weighted by atomic mass is 10.3.